The van der Waals surface area contributed by atoms with E-state index in [1.807, 2.05) is 0 Å². The molecular weight excluding hydrogens is 331 g/mol. The Morgan fingerprint density at radius 2 is 1.54 bits per heavy atom. The molecule has 0 radical (unpaired) electrons. The lowest BCUT2D eigenvalue weighted by atomic mass is 9.96. The Balaban J connectivity index is 3.23. The molecule has 7 heteroatoms. The van der Waals surface area contributed by atoms with E-state index in [-0.39, 0.29) is 25.6 Å². The van der Waals surface area contributed by atoms with Gasteiger partial charge in [0.05, 0.1) is 19.8 Å². The summed E-state index contributed by atoms with van der Waals surface area (Å²) in [6.07, 6.45) is 0. The van der Waals surface area contributed by atoms with Gasteiger partial charge in [-0.05, 0) is 20.8 Å². The second-order valence-electron chi connectivity index (χ2n) is 5.09. The molecule has 6 nitrogen and oxygen atoms in total. The van der Waals surface area contributed by atoms with Gasteiger partial charge in [0, 0.05) is 11.5 Å². The molecule has 0 aliphatic carbocycles. The molecule has 0 aliphatic heterocycles. The molecule has 2 atom stereocenters. The van der Waals surface area contributed by atoms with Crippen molar-refractivity contribution in [3.05, 3.63) is 35.9 Å². The minimum absolute atomic E-state index is 0.0967. The van der Waals surface area contributed by atoms with Gasteiger partial charge in [0.2, 0.25) is 0 Å². The first-order valence-corrected chi connectivity index (χ1v) is 9.67. The molecule has 0 fully saturated rings. The van der Waals surface area contributed by atoms with Crippen molar-refractivity contribution < 1.29 is 27.9 Å². The SMILES string of the molecule is CCOC(=O)C(C(C)C(=O)c1ccccc1)P(=O)(OCC)OCC. The fraction of sp³-hybridized carbons (Fsp3) is 0.529. The van der Waals surface area contributed by atoms with Gasteiger partial charge in [0.1, 0.15) is 0 Å². The highest BCUT2D eigenvalue weighted by atomic mass is 31.2. The van der Waals surface area contributed by atoms with Crippen LogP contribution in [-0.2, 0) is 23.1 Å². The summed E-state index contributed by atoms with van der Waals surface area (Å²) < 4.78 is 28.7. The molecule has 2 unspecified atom stereocenters. The minimum atomic E-state index is -3.84. The number of carbonyl (C=O) groups is 2. The zero-order chi connectivity index (χ0) is 18.2. The second kappa shape index (κ2) is 9.72. The number of ether oxygens (including phenoxy) is 1. The Labute approximate surface area is 143 Å². The fourth-order valence-corrected chi connectivity index (χ4v) is 4.53. The summed E-state index contributed by atoms with van der Waals surface area (Å²) in [5.41, 5.74) is -0.871. The van der Waals surface area contributed by atoms with Crippen LogP contribution in [0.25, 0.3) is 0 Å². The number of benzene rings is 1. The number of hydrogen-bond donors (Lipinski definition) is 0. The molecule has 1 aromatic rings. The maximum absolute atomic E-state index is 13.1. The number of rotatable bonds is 10. The van der Waals surface area contributed by atoms with Crippen molar-refractivity contribution in [2.75, 3.05) is 19.8 Å². The van der Waals surface area contributed by atoms with Crippen molar-refractivity contribution in [2.45, 2.75) is 33.4 Å². The number of carbonyl (C=O) groups excluding carboxylic acids is 2. The van der Waals surface area contributed by atoms with Crippen molar-refractivity contribution in [3.63, 3.8) is 0 Å². The number of hydrogen-bond acceptors (Lipinski definition) is 6. The highest BCUT2D eigenvalue weighted by Crippen LogP contribution is 2.56. The van der Waals surface area contributed by atoms with E-state index in [1.165, 1.54) is 0 Å². The molecule has 0 saturated heterocycles. The van der Waals surface area contributed by atoms with Crippen LogP contribution in [0.15, 0.2) is 30.3 Å². The normalized spacial score (nSPS) is 14.0. The van der Waals surface area contributed by atoms with Gasteiger partial charge < -0.3 is 13.8 Å². The standard InChI is InChI=1S/C17H25O6P/c1-5-21-17(19)16(24(20,22-6-2)23-7-3)13(4)15(18)14-11-9-8-10-12-14/h8-13,16H,5-7H2,1-4H3. The highest BCUT2D eigenvalue weighted by molar-refractivity contribution is 7.55. The quantitative estimate of drug-likeness (QED) is 0.361. The molecule has 0 aliphatic rings. The van der Waals surface area contributed by atoms with Gasteiger partial charge in [-0.2, -0.15) is 0 Å². The summed E-state index contributed by atoms with van der Waals surface area (Å²) in [7, 11) is -3.84. The lowest BCUT2D eigenvalue weighted by Crippen LogP contribution is -2.36. The maximum Gasteiger partial charge on any atom is 0.345 e. The average Bonchev–Trinajstić information content (AvgIpc) is 2.55. The van der Waals surface area contributed by atoms with Crippen molar-refractivity contribution in [3.8, 4) is 0 Å². The molecule has 0 aromatic heterocycles. The predicted octanol–water partition coefficient (Wildman–Crippen LogP) is 3.70. The van der Waals surface area contributed by atoms with E-state index >= 15 is 0 Å². The van der Waals surface area contributed by atoms with Crippen LogP contribution in [-0.4, -0.2) is 37.2 Å². The highest BCUT2D eigenvalue weighted by Gasteiger charge is 2.48. The molecule has 24 heavy (non-hydrogen) atoms. The van der Waals surface area contributed by atoms with E-state index in [9.17, 15) is 14.2 Å². The van der Waals surface area contributed by atoms with E-state index in [2.05, 4.69) is 0 Å². The number of Topliss-reactive ketones (excluding diaryl/α,β-unsaturated/α-hetero) is 1. The summed E-state index contributed by atoms with van der Waals surface area (Å²) in [5.74, 6) is -1.97. The van der Waals surface area contributed by atoms with Gasteiger partial charge >= 0.3 is 13.6 Å². The Morgan fingerprint density at radius 3 is 2.00 bits per heavy atom. The third-order valence-corrected chi connectivity index (χ3v) is 6.01. The molecule has 1 rings (SSSR count). The molecule has 0 bridgehead atoms. The van der Waals surface area contributed by atoms with Gasteiger partial charge in [-0.1, -0.05) is 37.3 Å². The van der Waals surface area contributed by atoms with E-state index in [0.29, 0.717) is 5.56 Å². The maximum atomic E-state index is 13.1. The predicted molar refractivity (Wildman–Crippen MR) is 91.2 cm³/mol. The summed E-state index contributed by atoms with van der Waals surface area (Å²) in [6.45, 7) is 6.79. The summed E-state index contributed by atoms with van der Waals surface area (Å²) in [5, 5.41) is 0. The summed E-state index contributed by atoms with van der Waals surface area (Å²) >= 11 is 0. The Morgan fingerprint density at radius 1 is 1.00 bits per heavy atom. The van der Waals surface area contributed by atoms with E-state index < -0.39 is 25.1 Å². The Kier molecular flexibility index (Phi) is 8.32. The first-order chi connectivity index (χ1) is 11.4. The number of esters is 1. The van der Waals surface area contributed by atoms with E-state index in [0.717, 1.165) is 0 Å². The van der Waals surface area contributed by atoms with Crippen LogP contribution in [0.5, 0.6) is 0 Å². The molecule has 0 saturated carbocycles. The molecule has 0 spiro atoms. The van der Waals surface area contributed by atoms with E-state index in [1.54, 1.807) is 58.0 Å². The van der Waals surface area contributed by atoms with Gasteiger partial charge in [-0.15, -0.1) is 0 Å². The first kappa shape index (κ1) is 20.6. The molecule has 134 valence electrons. The molecule has 0 N–H and O–H groups in total. The molecule has 0 heterocycles. The Bertz CT molecular complexity index is 576. The first-order valence-electron chi connectivity index (χ1n) is 8.05. The van der Waals surface area contributed by atoms with E-state index in [4.69, 9.17) is 13.8 Å². The summed E-state index contributed by atoms with van der Waals surface area (Å²) in [4.78, 5) is 25.1. The third kappa shape index (κ3) is 5.00. The minimum Gasteiger partial charge on any atom is -0.465 e. The van der Waals surface area contributed by atoms with Crippen LogP contribution in [0.3, 0.4) is 0 Å². The molecular formula is C17H25O6P. The molecule has 0 amide bonds. The lowest BCUT2D eigenvalue weighted by Gasteiger charge is -2.28. The topological polar surface area (TPSA) is 78.9 Å². The smallest absolute Gasteiger partial charge is 0.345 e. The zero-order valence-corrected chi connectivity index (χ0v) is 15.5. The van der Waals surface area contributed by atoms with Crippen LogP contribution in [0, 0.1) is 5.92 Å². The van der Waals surface area contributed by atoms with Crippen LogP contribution in [0.2, 0.25) is 0 Å². The zero-order valence-electron chi connectivity index (χ0n) is 14.6. The van der Waals surface area contributed by atoms with Crippen LogP contribution >= 0.6 is 7.60 Å². The van der Waals surface area contributed by atoms with Gasteiger partial charge in [0.25, 0.3) is 0 Å². The van der Waals surface area contributed by atoms with Crippen LogP contribution < -0.4 is 0 Å². The Hall–Kier alpha value is -1.49. The van der Waals surface area contributed by atoms with Gasteiger partial charge in [-0.25, -0.2) is 0 Å². The third-order valence-electron chi connectivity index (χ3n) is 3.43. The number of ketones is 1. The van der Waals surface area contributed by atoms with Gasteiger partial charge in [-0.3, -0.25) is 14.2 Å². The average molecular weight is 356 g/mol. The van der Waals surface area contributed by atoms with Crippen molar-refractivity contribution in [1.82, 2.24) is 0 Å². The fourth-order valence-electron chi connectivity index (χ4n) is 2.40. The second-order valence-corrected chi connectivity index (χ2v) is 7.24. The van der Waals surface area contributed by atoms with Crippen molar-refractivity contribution in [1.29, 1.82) is 0 Å². The lowest BCUT2D eigenvalue weighted by molar-refractivity contribution is -0.143. The largest absolute Gasteiger partial charge is 0.465 e. The molecule has 1 aromatic carbocycles. The van der Waals surface area contributed by atoms with Crippen molar-refractivity contribution >= 4 is 19.3 Å². The van der Waals surface area contributed by atoms with Crippen molar-refractivity contribution in [2.24, 2.45) is 5.92 Å². The van der Waals surface area contributed by atoms with Crippen LogP contribution in [0.4, 0.5) is 0 Å². The monoisotopic (exact) mass is 356 g/mol. The van der Waals surface area contributed by atoms with Gasteiger partial charge in [0.15, 0.2) is 11.4 Å². The summed E-state index contributed by atoms with van der Waals surface area (Å²) in [6, 6.07) is 8.53. The van der Waals surface area contributed by atoms with Crippen LogP contribution in [0.1, 0.15) is 38.1 Å².